The Morgan fingerprint density at radius 3 is 2.63 bits per heavy atom. The number of anilines is 1. The second-order valence-electron chi connectivity index (χ2n) is 6.14. The van der Waals surface area contributed by atoms with Crippen molar-refractivity contribution in [3.63, 3.8) is 0 Å². The number of aryl methyl sites for hydroxylation is 1. The fourth-order valence-corrected chi connectivity index (χ4v) is 2.95. The van der Waals surface area contributed by atoms with Crippen LogP contribution in [0.2, 0.25) is 0 Å². The molecule has 0 saturated heterocycles. The maximum absolute atomic E-state index is 13.1. The van der Waals surface area contributed by atoms with Crippen molar-refractivity contribution in [3.05, 3.63) is 82.8 Å². The van der Waals surface area contributed by atoms with Gasteiger partial charge in [0, 0.05) is 24.6 Å². The molecule has 2 heterocycles. The maximum Gasteiger partial charge on any atom is 0.261 e. The molecule has 0 bridgehead atoms. The van der Waals surface area contributed by atoms with Crippen molar-refractivity contribution < 1.29 is 4.39 Å². The number of nitrogens with two attached hydrogens (primary N) is 1. The highest BCUT2D eigenvalue weighted by molar-refractivity contribution is 5.82. The molecule has 134 valence electrons. The summed E-state index contributed by atoms with van der Waals surface area (Å²) in [4.78, 5) is 26.1. The van der Waals surface area contributed by atoms with Gasteiger partial charge in [-0.1, -0.05) is 12.1 Å². The summed E-state index contributed by atoms with van der Waals surface area (Å²) in [6.07, 6.45) is 5.22. The summed E-state index contributed by atoms with van der Waals surface area (Å²) in [6, 6.07) is 11.2. The Bertz CT molecular complexity index is 1160. The fraction of sp³-hybridized carbons (Fsp3) is 0.100. The molecule has 2 aromatic carbocycles. The minimum absolute atomic E-state index is 0.178. The Hall–Kier alpha value is -3.61. The second-order valence-corrected chi connectivity index (χ2v) is 6.14. The molecular weight excluding hydrogens is 345 g/mol. The highest BCUT2D eigenvalue weighted by Gasteiger charge is 2.14. The average Bonchev–Trinajstić information content (AvgIpc) is 2.69. The van der Waals surface area contributed by atoms with Gasteiger partial charge in [-0.05, 0) is 42.3 Å². The van der Waals surface area contributed by atoms with Crippen molar-refractivity contribution in [2.24, 2.45) is 0 Å². The Kier molecular flexibility index (Phi) is 4.33. The molecule has 4 aromatic rings. The lowest BCUT2D eigenvalue weighted by Gasteiger charge is -2.13. The number of aromatic nitrogens is 4. The first-order valence-corrected chi connectivity index (χ1v) is 8.43. The molecule has 0 atom stereocenters. The van der Waals surface area contributed by atoms with E-state index in [1.54, 1.807) is 53.5 Å². The van der Waals surface area contributed by atoms with Gasteiger partial charge in [0.1, 0.15) is 11.5 Å². The van der Waals surface area contributed by atoms with Crippen LogP contribution in [0.5, 0.6) is 0 Å². The zero-order valence-electron chi connectivity index (χ0n) is 14.3. The molecule has 6 nitrogen and oxygen atoms in total. The molecule has 0 aliphatic carbocycles. The summed E-state index contributed by atoms with van der Waals surface area (Å²) < 4.78 is 14.7. The van der Waals surface area contributed by atoms with Crippen molar-refractivity contribution in [1.29, 1.82) is 0 Å². The van der Waals surface area contributed by atoms with Crippen LogP contribution in [0.1, 0.15) is 5.56 Å². The van der Waals surface area contributed by atoms with E-state index in [0.29, 0.717) is 41.1 Å². The van der Waals surface area contributed by atoms with E-state index >= 15 is 0 Å². The molecule has 0 aliphatic rings. The van der Waals surface area contributed by atoms with Gasteiger partial charge < -0.3 is 5.73 Å². The minimum Gasteiger partial charge on any atom is -0.399 e. The van der Waals surface area contributed by atoms with Crippen molar-refractivity contribution >= 4 is 16.6 Å². The van der Waals surface area contributed by atoms with Gasteiger partial charge in [0.25, 0.3) is 5.56 Å². The zero-order chi connectivity index (χ0) is 18.8. The van der Waals surface area contributed by atoms with E-state index in [1.807, 2.05) is 0 Å². The lowest BCUT2D eigenvalue weighted by Crippen LogP contribution is -2.25. The Morgan fingerprint density at radius 2 is 1.89 bits per heavy atom. The van der Waals surface area contributed by atoms with Gasteiger partial charge in [0.2, 0.25) is 0 Å². The first kappa shape index (κ1) is 16.8. The third-order valence-corrected chi connectivity index (χ3v) is 4.31. The number of hydrogen-bond donors (Lipinski definition) is 1. The quantitative estimate of drug-likeness (QED) is 0.565. The monoisotopic (exact) mass is 361 g/mol. The number of fused-ring (bicyclic) bond motifs is 1. The molecule has 0 saturated carbocycles. The number of rotatable bonds is 4. The van der Waals surface area contributed by atoms with Crippen molar-refractivity contribution in [1.82, 2.24) is 19.5 Å². The molecule has 0 spiro atoms. The van der Waals surface area contributed by atoms with Crippen LogP contribution in [0.3, 0.4) is 0 Å². The second kappa shape index (κ2) is 6.95. The SMILES string of the molecule is Nc1ccc2c(=O)n(CCc3ccc(F)cc3)c(-c3cnccn3)nc2c1. The van der Waals surface area contributed by atoms with E-state index in [4.69, 9.17) is 5.73 Å². The van der Waals surface area contributed by atoms with Gasteiger partial charge in [-0.25, -0.2) is 14.4 Å². The number of nitrogens with zero attached hydrogens (tertiary/aromatic N) is 4. The fourth-order valence-electron chi connectivity index (χ4n) is 2.95. The normalized spacial score (nSPS) is 11.0. The largest absolute Gasteiger partial charge is 0.399 e. The van der Waals surface area contributed by atoms with Crippen molar-refractivity contribution in [3.8, 4) is 11.5 Å². The first-order chi connectivity index (χ1) is 13.1. The molecule has 27 heavy (non-hydrogen) atoms. The summed E-state index contributed by atoms with van der Waals surface area (Å²) in [7, 11) is 0. The van der Waals surface area contributed by atoms with E-state index in [9.17, 15) is 9.18 Å². The van der Waals surface area contributed by atoms with E-state index in [2.05, 4.69) is 15.0 Å². The number of benzene rings is 2. The van der Waals surface area contributed by atoms with Crippen LogP contribution in [-0.2, 0) is 13.0 Å². The van der Waals surface area contributed by atoms with Gasteiger partial charge in [-0.2, -0.15) is 0 Å². The van der Waals surface area contributed by atoms with Gasteiger partial charge in [0.05, 0.1) is 17.1 Å². The van der Waals surface area contributed by atoms with E-state index in [0.717, 1.165) is 5.56 Å². The van der Waals surface area contributed by atoms with E-state index < -0.39 is 0 Å². The molecule has 4 rings (SSSR count). The number of hydrogen-bond acceptors (Lipinski definition) is 5. The van der Waals surface area contributed by atoms with E-state index in [1.165, 1.54) is 12.1 Å². The minimum atomic E-state index is -0.291. The van der Waals surface area contributed by atoms with Crippen LogP contribution in [-0.4, -0.2) is 19.5 Å². The zero-order valence-corrected chi connectivity index (χ0v) is 14.3. The predicted octanol–water partition coefficient (Wildman–Crippen LogP) is 2.82. The van der Waals surface area contributed by atoms with Crippen LogP contribution in [0.15, 0.2) is 65.8 Å². The third-order valence-electron chi connectivity index (χ3n) is 4.31. The third kappa shape index (κ3) is 3.39. The molecular formula is C20H16FN5O. The molecule has 0 aliphatic heterocycles. The summed E-state index contributed by atoms with van der Waals surface area (Å²) in [5.41, 5.74) is 8.13. The molecule has 7 heteroatoms. The molecule has 0 radical (unpaired) electrons. The Morgan fingerprint density at radius 1 is 1.07 bits per heavy atom. The summed E-state index contributed by atoms with van der Waals surface area (Å²) >= 11 is 0. The van der Waals surface area contributed by atoms with E-state index in [-0.39, 0.29) is 11.4 Å². The van der Waals surface area contributed by atoms with Crippen LogP contribution in [0.4, 0.5) is 10.1 Å². The molecule has 2 N–H and O–H groups in total. The first-order valence-electron chi connectivity index (χ1n) is 8.43. The average molecular weight is 361 g/mol. The number of nitrogen functional groups attached to an aromatic ring is 1. The number of halogens is 1. The maximum atomic E-state index is 13.1. The summed E-state index contributed by atoms with van der Waals surface area (Å²) in [6.45, 7) is 0.379. The standard InChI is InChI=1S/C20H16FN5O/c21-14-3-1-13(2-4-14)7-10-26-19(18-12-23-8-9-24-18)25-17-11-15(22)5-6-16(17)20(26)27/h1-6,8-9,11-12H,7,10,22H2. The summed E-state index contributed by atoms with van der Waals surface area (Å²) in [5, 5.41) is 0.482. The van der Waals surface area contributed by atoms with Crippen molar-refractivity contribution in [2.45, 2.75) is 13.0 Å². The lowest BCUT2D eigenvalue weighted by atomic mass is 10.1. The molecule has 0 unspecified atom stereocenters. The van der Waals surface area contributed by atoms with Gasteiger partial charge >= 0.3 is 0 Å². The molecule has 0 fully saturated rings. The molecule has 2 aromatic heterocycles. The highest BCUT2D eigenvalue weighted by atomic mass is 19.1. The van der Waals surface area contributed by atoms with Gasteiger partial charge in [-0.15, -0.1) is 0 Å². The lowest BCUT2D eigenvalue weighted by molar-refractivity contribution is 0.624. The van der Waals surface area contributed by atoms with Gasteiger partial charge in [0.15, 0.2) is 5.82 Å². The Labute approximate surface area is 154 Å². The smallest absolute Gasteiger partial charge is 0.261 e. The van der Waals surface area contributed by atoms with Crippen molar-refractivity contribution in [2.75, 3.05) is 5.73 Å². The molecule has 0 amide bonds. The highest BCUT2D eigenvalue weighted by Crippen LogP contribution is 2.18. The van der Waals surface area contributed by atoms with Gasteiger partial charge in [-0.3, -0.25) is 14.3 Å². The van der Waals surface area contributed by atoms with Crippen LogP contribution < -0.4 is 11.3 Å². The van der Waals surface area contributed by atoms with Crippen LogP contribution in [0, 0.1) is 5.82 Å². The Balaban J connectivity index is 1.83. The predicted molar refractivity (Wildman–Crippen MR) is 102 cm³/mol. The topological polar surface area (TPSA) is 86.7 Å². The van der Waals surface area contributed by atoms with Crippen LogP contribution in [0.25, 0.3) is 22.4 Å². The summed E-state index contributed by atoms with van der Waals surface area (Å²) in [5.74, 6) is 0.134. The van der Waals surface area contributed by atoms with Crippen LogP contribution >= 0.6 is 0 Å².